The van der Waals surface area contributed by atoms with Gasteiger partial charge >= 0.3 is 6.36 Å². The van der Waals surface area contributed by atoms with Crippen molar-refractivity contribution in [3.8, 4) is 17.2 Å². The van der Waals surface area contributed by atoms with E-state index in [1.807, 2.05) is 6.07 Å². The maximum atomic E-state index is 13.9. The summed E-state index contributed by atoms with van der Waals surface area (Å²) < 4.78 is 58.8. The van der Waals surface area contributed by atoms with Crippen molar-refractivity contribution in [2.24, 2.45) is 4.99 Å². The Balaban J connectivity index is 1.62. The first kappa shape index (κ1) is 30.4. The van der Waals surface area contributed by atoms with Crippen LogP contribution in [-0.4, -0.2) is 49.1 Å². The Labute approximate surface area is 241 Å². The molecule has 0 spiro atoms. The van der Waals surface area contributed by atoms with Gasteiger partial charge in [0.2, 0.25) is 5.90 Å². The van der Waals surface area contributed by atoms with E-state index >= 15 is 0 Å². The van der Waals surface area contributed by atoms with Crippen LogP contribution in [0.1, 0.15) is 35.6 Å². The number of ether oxygens (including phenoxy) is 4. The minimum Gasteiger partial charge on any atom is -0.497 e. The molecule has 0 saturated heterocycles. The molecule has 0 aliphatic carbocycles. The van der Waals surface area contributed by atoms with E-state index in [1.165, 1.54) is 31.4 Å². The molecule has 2 N–H and O–H groups in total. The molecule has 2 atom stereocenters. The molecule has 1 amide bonds. The monoisotopic (exact) mass is 584 g/mol. The molecule has 3 aromatic carbocycles. The number of alkyl halides is 3. The van der Waals surface area contributed by atoms with Crippen molar-refractivity contribution in [1.29, 1.82) is 0 Å². The van der Waals surface area contributed by atoms with Gasteiger partial charge in [-0.3, -0.25) is 4.79 Å². The lowest BCUT2D eigenvalue weighted by molar-refractivity contribution is -0.274. The summed E-state index contributed by atoms with van der Waals surface area (Å²) in [6, 6.07) is 19.4. The molecular weight excluding hydrogens is 553 g/mol. The summed E-state index contributed by atoms with van der Waals surface area (Å²) in [5.41, 5.74) is 0.391. The van der Waals surface area contributed by atoms with E-state index in [0.29, 0.717) is 41.2 Å². The molecule has 4 rings (SSSR count). The number of aliphatic hydroxyl groups excluding tert-OH is 1. The number of rotatable bonds is 13. The minimum atomic E-state index is -4.80. The Morgan fingerprint density at radius 1 is 1.10 bits per heavy atom. The number of nitrogens with one attached hydrogen (secondary N) is 1. The Kier molecular flexibility index (Phi) is 9.74. The van der Waals surface area contributed by atoms with Gasteiger partial charge in [0, 0.05) is 31.6 Å². The third-order valence-corrected chi connectivity index (χ3v) is 6.49. The molecule has 222 valence electrons. The molecular formula is C31H31F3N2O6. The molecule has 11 heteroatoms. The van der Waals surface area contributed by atoms with Gasteiger partial charge in [-0.05, 0) is 59.7 Å². The Morgan fingerprint density at radius 3 is 2.45 bits per heavy atom. The van der Waals surface area contributed by atoms with E-state index in [4.69, 9.17) is 24.3 Å². The van der Waals surface area contributed by atoms with Gasteiger partial charge in [0.05, 0.1) is 13.7 Å². The molecule has 0 unspecified atom stereocenters. The molecule has 42 heavy (non-hydrogen) atoms. The van der Waals surface area contributed by atoms with Crippen molar-refractivity contribution in [1.82, 2.24) is 5.32 Å². The van der Waals surface area contributed by atoms with E-state index in [-0.39, 0.29) is 31.2 Å². The van der Waals surface area contributed by atoms with Crippen LogP contribution in [0.15, 0.2) is 90.4 Å². The van der Waals surface area contributed by atoms with Gasteiger partial charge in [-0.2, -0.15) is 0 Å². The highest BCUT2D eigenvalue weighted by Crippen LogP contribution is 2.43. The molecule has 3 aromatic rings. The first-order valence-corrected chi connectivity index (χ1v) is 13.2. The second-order valence-corrected chi connectivity index (χ2v) is 9.43. The number of nitrogens with zero attached hydrogens (tertiary/aromatic N) is 1. The second-order valence-electron chi connectivity index (χ2n) is 9.43. The maximum Gasteiger partial charge on any atom is 0.573 e. The lowest BCUT2D eigenvalue weighted by Gasteiger charge is -2.30. The topological polar surface area (TPSA) is 98.6 Å². The third-order valence-electron chi connectivity index (χ3n) is 6.49. The van der Waals surface area contributed by atoms with Crippen LogP contribution >= 0.6 is 0 Å². The van der Waals surface area contributed by atoms with Crippen molar-refractivity contribution in [2.75, 3.05) is 20.3 Å². The number of hydrogen-bond donors (Lipinski definition) is 2. The number of halogens is 3. The largest absolute Gasteiger partial charge is 0.573 e. The van der Waals surface area contributed by atoms with E-state index in [9.17, 15) is 18.0 Å². The van der Waals surface area contributed by atoms with Crippen LogP contribution in [0.25, 0.3) is 0 Å². The zero-order valence-electron chi connectivity index (χ0n) is 22.9. The van der Waals surface area contributed by atoms with Crippen LogP contribution in [0.2, 0.25) is 0 Å². The lowest BCUT2D eigenvalue weighted by atomic mass is 9.84. The summed E-state index contributed by atoms with van der Waals surface area (Å²) in [5, 5.41) is 11.8. The Morgan fingerprint density at radius 2 is 1.81 bits per heavy atom. The standard InChI is InChI=1S/C31H31F3N2O6/c1-3-16-30(29(38)35-20-21-8-12-25(13-9-21)42-31(32,33)34)27(23-6-4-7-26(19-23)39-2)41-28(36-30)22-10-14-24(15-11-22)40-18-5-17-37/h3-4,6-15,19,27,37H,1,5,16-18,20H2,2H3,(H,35,38)/t27-,30-/m1/s1. The fourth-order valence-corrected chi connectivity index (χ4v) is 4.48. The van der Waals surface area contributed by atoms with Crippen molar-refractivity contribution in [3.05, 3.63) is 102 Å². The summed E-state index contributed by atoms with van der Waals surface area (Å²) in [4.78, 5) is 18.7. The van der Waals surface area contributed by atoms with Crippen LogP contribution in [-0.2, 0) is 16.1 Å². The molecule has 1 heterocycles. The van der Waals surface area contributed by atoms with Gasteiger partial charge < -0.3 is 29.4 Å². The predicted octanol–water partition coefficient (Wildman–Crippen LogP) is 5.50. The number of aliphatic imine (C=N–C) groups is 1. The maximum absolute atomic E-state index is 13.9. The van der Waals surface area contributed by atoms with Gasteiger partial charge in [-0.15, -0.1) is 19.8 Å². The van der Waals surface area contributed by atoms with Gasteiger partial charge in [-0.25, -0.2) is 4.99 Å². The van der Waals surface area contributed by atoms with Crippen LogP contribution in [0.3, 0.4) is 0 Å². The molecule has 0 bridgehead atoms. The average Bonchev–Trinajstić information content (AvgIpc) is 3.37. The quantitative estimate of drug-likeness (QED) is 0.203. The number of benzene rings is 3. The van der Waals surface area contributed by atoms with Crippen molar-refractivity contribution >= 4 is 11.8 Å². The zero-order chi connectivity index (χ0) is 30.2. The highest BCUT2D eigenvalue weighted by molar-refractivity contribution is 6.01. The number of amides is 1. The number of aliphatic hydroxyl groups is 1. The second kappa shape index (κ2) is 13.4. The van der Waals surface area contributed by atoms with Gasteiger partial charge in [0.15, 0.2) is 11.6 Å². The molecule has 0 saturated carbocycles. The fourth-order valence-electron chi connectivity index (χ4n) is 4.48. The summed E-state index contributed by atoms with van der Waals surface area (Å²) in [6.45, 7) is 4.27. The van der Waals surface area contributed by atoms with E-state index < -0.39 is 23.9 Å². The van der Waals surface area contributed by atoms with Crippen LogP contribution in [0.4, 0.5) is 13.2 Å². The predicted molar refractivity (Wildman–Crippen MR) is 150 cm³/mol. The zero-order valence-corrected chi connectivity index (χ0v) is 22.9. The SMILES string of the molecule is C=CC[C@@]1(C(=O)NCc2ccc(OC(F)(F)F)cc2)N=C(c2ccc(OCCCO)cc2)O[C@@H]1c1cccc(OC)c1. The van der Waals surface area contributed by atoms with Crippen molar-refractivity contribution < 1.29 is 42.0 Å². The van der Waals surface area contributed by atoms with Gasteiger partial charge in [0.1, 0.15) is 17.2 Å². The van der Waals surface area contributed by atoms with Crippen LogP contribution < -0.4 is 19.5 Å². The summed E-state index contributed by atoms with van der Waals surface area (Å²) >= 11 is 0. The first-order chi connectivity index (χ1) is 20.2. The summed E-state index contributed by atoms with van der Waals surface area (Å²) in [7, 11) is 1.54. The fraction of sp³-hybridized carbons (Fsp3) is 0.290. The number of carbonyl (C=O) groups excluding carboxylic acids is 1. The van der Waals surface area contributed by atoms with Gasteiger partial charge in [-0.1, -0.05) is 30.3 Å². The Bertz CT molecular complexity index is 1390. The summed E-state index contributed by atoms with van der Waals surface area (Å²) in [6.07, 6.45) is -3.42. The molecule has 1 aliphatic rings. The summed E-state index contributed by atoms with van der Waals surface area (Å²) in [5.74, 6) is 0.613. The van der Waals surface area contributed by atoms with Crippen LogP contribution in [0.5, 0.6) is 17.2 Å². The number of carbonyl (C=O) groups is 1. The molecule has 0 radical (unpaired) electrons. The van der Waals surface area contributed by atoms with Crippen LogP contribution in [0, 0.1) is 0 Å². The van der Waals surface area contributed by atoms with Crippen molar-refractivity contribution in [3.63, 3.8) is 0 Å². The first-order valence-electron chi connectivity index (χ1n) is 13.2. The Hall–Kier alpha value is -4.51. The smallest absolute Gasteiger partial charge is 0.497 e. The third kappa shape index (κ3) is 7.41. The van der Waals surface area contributed by atoms with E-state index in [2.05, 4.69) is 16.6 Å². The average molecular weight is 585 g/mol. The van der Waals surface area contributed by atoms with Gasteiger partial charge in [0.25, 0.3) is 5.91 Å². The molecule has 0 aromatic heterocycles. The number of hydrogen-bond acceptors (Lipinski definition) is 7. The van der Waals surface area contributed by atoms with E-state index in [1.54, 1.807) is 48.5 Å². The number of methoxy groups -OCH3 is 1. The normalized spacial score (nSPS) is 18.0. The molecule has 0 fully saturated rings. The molecule has 1 aliphatic heterocycles. The highest BCUT2D eigenvalue weighted by atomic mass is 19.4. The lowest BCUT2D eigenvalue weighted by Crippen LogP contribution is -2.47. The molecule has 8 nitrogen and oxygen atoms in total. The highest BCUT2D eigenvalue weighted by Gasteiger charge is 2.52. The minimum absolute atomic E-state index is 0.0274. The van der Waals surface area contributed by atoms with E-state index in [0.717, 1.165) is 0 Å². The van der Waals surface area contributed by atoms with Crippen molar-refractivity contribution in [2.45, 2.75) is 37.4 Å².